The third-order valence-corrected chi connectivity index (χ3v) is 4.36. The standard InChI is InChI=1S/C19H21FN2O2/c20-16-6-2-8-18(11-16)22-9-3-7-17(13-22)21-12-14-4-1-5-15(10-14)19(23)24/h1-2,4-6,8,10-11,17,21H,3,7,9,12-13H2,(H,23,24). The maximum atomic E-state index is 13.4. The van der Waals surface area contributed by atoms with Crippen molar-refractivity contribution in [3.63, 3.8) is 0 Å². The summed E-state index contributed by atoms with van der Waals surface area (Å²) in [6, 6.07) is 14.0. The number of hydrogen-bond acceptors (Lipinski definition) is 3. The lowest BCUT2D eigenvalue weighted by atomic mass is 10.0. The van der Waals surface area contributed by atoms with Gasteiger partial charge in [0.05, 0.1) is 5.56 Å². The number of halogens is 1. The molecule has 1 aliphatic rings. The Hall–Kier alpha value is -2.40. The normalized spacial score (nSPS) is 17.7. The van der Waals surface area contributed by atoms with Crippen LogP contribution < -0.4 is 10.2 Å². The second-order valence-electron chi connectivity index (χ2n) is 6.15. The van der Waals surface area contributed by atoms with Crippen molar-refractivity contribution in [2.24, 2.45) is 0 Å². The highest BCUT2D eigenvalue weighted by molar-refractivity contribution is 5.87. The molecule has 2 N–H and O–H groups in total. The van der Waals surface area contributed by atoms with Gasteiger partial charge >= 0.3 is 5.97 Å². The number of nitrogens with zero attached hydrogens (tertiary/aromatic N) is 1. The van der Waals surface area contributed by atoms with Crippen LogP contribution in [-0.4, -0.2) is 30.2 Å². The van der Waals surface area contributed by atoms with Crippen LogP contribution in [0.5, 0.6) is 0 Å². The molecule has 0 radical (unpaired) electrons. The van der Waals surface area contributed by atoms with Crippen molar-refractivity contribution in [1.29, 1.82) is 0 Å². The summed E-state index contributed by atoms with van der Waals surface area (Å²) in [5.74, 6) is -1.13. The molecule has 2 aromatic carbocycles. The molecule has 0 amide bonds. The van der Waals surface area contributed by atoms with E-state index < -0.39 is 5.97 Å². The molecular formula is C19H21FN2O2. The zero-order valence-corrected chi connectivity index (χ0v) is 13.4. The highest BCUT2D eigenvalue weighted by Crippen LogP contribution is 2.21. The van der Waals surface area contributed by atoms with Gasteiger partial charge < -0.3 is 15.3 Å². The maximum absolute atomic E-state index is 13.4. The van der Waals surface area contributed by atoms with Crippen molar-refractivity contribution in [2.75, 3.05) is 18.0 Å². The van der Waals surface area contributed by atoms with E-state index in [1.807, 2.05) is 12.1 Å². The average molecular weight is 328 g/mol. The Kier molecular flexibility index (Phi) is 5.11. The predicted octanol–water partition coefficient (Wildman–Crippen LogP) is 3.28. The molecule has 2 aromatic rings. The third-order valence-electron chi connectivity index (χ3n) is 4.36. The Labute approximate surface area is 140 Å². The van der Waals surface area contributed by atoms with Crippen LogP contribution in [0.3, 0.4) is 0 Å². The Morgan fingerprint density at radius 3 is 2.88 bits per heavy atom. The number of nitrogens with one attached hydrogen (secondary N) is 1. The van der Waals surface area contributed by atoms with Crippen LogP contribution in [0.4, 0.5) is 10.1 Å². The van der Waals surface area contributed by atoms with Crippen molar-refractivity contribution in [3.8, 4) is 0 Å². The summed E-state index contributed by atoms with van der Waals surface area (Å²) in [6.07, 6.45) is 2.10. The van der Waals surface area contributed by atoms with Gasteiger partial charge in [0.25, 0.3) is 0 Å². The number of carboxylic acids is 1. The quantitative estimate of drug-likeness (QED) is 0.884. The average Bonchev–Trinajstić information content (AvgIpc) is 2.60. The van der Waals surface area contributed by atoms with Crippen molar-refractivity contribution in [3.05, 3.63) is 65.5 Å². The molecule has 1 aliphatic heterocycles. The van der Waals surface area contributed by atoms with E-state index in [0.717, 1.165) is 37.2 Å². The van der Waals surface area contributed by atoms with Crippen molar-refractivity contribution in [1.82, 2.24) is 5.32 Å². The lowest BCUT2D eigenvalue weighted by Gasteiger charge is -2.35. The highest BCUT2D eigenvalue weighted by Gasteiger charge is 2.20. The first kappa shape index (κ1) is 16.5. The fraction of sp³-hybridized carbons (Fsp3) is 0.316. The first-order valence-corrected chi connectivity index (χ1v) is 8.18. The van der Waals surface area contributed by atoms with E-state index in [-0.39, 0.29) is 5.82 Å². The number of carboxylic acid groups (broad SMARTS) is 1. The number of piperidine rings is 1. The fourth-order valence-electron chi connectivity index (χ4n) is 3.13. The van der Waals surface area contributed by atoms with E-state index in [4.69, 9.17) is 5.11 Å². The monoisotopic (exact) mass is 328 g/mol. The minimum Gasteiger partial charge on any atom is -0.478 e. The molecule has 0 spiro atoms. The van der Waals surface area contributed by atoms with Crippen LogP contribution in [0.15, 0.2) is 48.5 Å². The van der Waals surface area contributed by atoms with Gasteiger partial charge in [0.15, 0.2) is 0 Å². The largest absolute Gasteiger partial charge is 0.478 e. The van der Waals surface area contributed by atoms with Crippen molar-refractivity contribution in [2.45, 2.75) is 25.4 Å². The molecule has 1 heterocycles. The number of aromatic carboxylic acids is 1. The fourth-order valence-corrected chi connectivity index (χ4v) is 3.13. The summed E-state index contributed by atoms with van der Waals surface area (Å²) in [5, 5.41) is 12.5. The van der Waals surface area contributed by atoms with Crippen LogP contribution >= 0.6 is 0 Å². The van der Waals surface area contributed by atoms with E-state index >= 15 is 0 Å². The van der Waals surface area contributed by atoms with Gasteiger partial charge in [-0.15, -0.1) is 0 Å². The second kappa shape index (κ2) is 7.45. The number of benzene rings is 2. The number of rotatable bonds is 5. The van der Waals surface area contributed by atoms with Gasteiger partial charge in [-0.25, -0.2) is 9.18 Å². The summed E-state index contributed by atoms with van der Waals surface area (Å²) >= 11 is 0. The molecule has 24 heavy (non-hydrogen) atoms. The third kappa shape index (κ3) is 4.11. The summed E-state index contributed by atoms with van der Waals surface area (Å²) in [6.45, 7) is 2.38. The molecule has 5 heteroatoms. The van der Waals surface area contributed by atoms with Crippen LogP contribution in [-0.2, 0) is 6.54 Å². The molecule has 0 aliphatic carbocycles. The SMILES string of the molecule is O=C(O)c1cccc(CNC2CCCN(c3cccc(F)c3)C2)c1. The number of anilines is 1. The summed E-state index contributed by atoms with van der Waals surface area (Å²) in [7, 11) is 0. The Morgan fingerprint density at radius 2 is 2.08 bits per heavy atom. The summed E-state index contributed by atoms with van der Waals surface area (Å²) in [4.78, 5) is 13.2. The van der Waals surface area contributed by atoms with Gasteiger partial charge in [0.2, 0.25) is 0 Å². The van der Waals surface area contributed by atoms with E-state index in [9.17, 15) is 9.18 Å². The van der Waals surface area contributed by atoms with Gasteiger partial charge in [-0.1, -0.05) is 18.2 Å². The maximum Gasteiger partial charge on any atom is 0.335 e. The number of carbonyl (C=O) groups is 1. The lowest BCUT2D eigenvalue weighted by molar-refractivity contribution is 0.0696. The summed E-state index contributed by atoms with van der Waals surface area (Å²) in [5.41, 5.74) is 2.17. The van der Waals surface area contributed by atoms with Crippen molar-refractivity contribution >= 4 is 11.7 Å². The van der Waals surface area contributed by atoms with Gasteiger partial charge in [-0.05, 0) is 48.7 Å². The first-order chi connectivity index (χ1) is 11.6. The van der Waals surface area contributed by atoms with Crippen LogP contribution in [0, 0.1) is 5.82 Å². The molecule has 126 valence electrons. The van der Waals surface area contributed by atoms with Gasteiger partial charge in [-0.3, -0.25) is 0 Å². The molecule has 4 nitrogen and oxygen atoms in total. The Bertz CT molecular complexity index is 720. The first-order valence-electron chi connectivity index (χ1n) is 8.18. The molecule has 0 aromatic heterocycles. The van der Waals surface area contributed by atoms with Crippen LogP contribution in [0.25, 0.3) is 0 Å². The molecule has 1 atom stereocenters. The van der Waals surface area contributed by atoms with E-state index in [0.29, 0.717) is 18.2 Å². The zero-order valence-electron chi connectivity index (χ0n) is 13.4. The molecule has 1 saturated heterocycles. The van der Waals surface area contributed by atoms with E-state index in [1.165, 1.54) is 6.07 Å². The molecule has 1 unspecified atom stereocenters. The second-order valence-corrected chi connectivity index (χ2v) is 6.15. The Balaban J connectivity index is 1.59. The molecular weight excluding hydrogens is 307 g/mol. The van der Waals surface area contributed by atoms with Gasteiger partial charge in [-0.2, -0.15) is 0 Å². The minimum atomic E-state index is -0.910. The molecule has 0 bridgehead atoms. The zero-order chi connectivity index (χ0) is 16.9. The van der Waals surface area contributed by atoms with E-state index in [2.05, 4.69) is 10.2 Å². The smallest absolute Gasteiger partial charge is 0.335 e. The van der Waals surface area contributed by atoms with Gasteiger partial charge in [0, 0.05) is 31.4 Å². The lowest BCUT2D eigenvalue weighted by Crippen LogP contribution is -2.45. The minimum absolute atomic E-state index is 0.215. The van der Waals surface area contributed by atoms with Crippen LogP contribution in [0.2, 0.25) is 0 Å². The molecule has 1 fully saturated rings. The molecule has 0 saturated carbocycles. The summed E-state index contributed by atoms with van der Waals surface area (Å²) < 4.78 is 13.4. The highest BCUT2D eigenvalue weighted by atomic mass is 19.1. The topological polar surface area (TPSA) is 52.6 Å². The predicted molar refractivity (Wildman–Crippen MR) is 91.9 cm³/mol. The van der Waals surface area contributed by atoms with Crippen molar-refractivity contribution < 1.29 is 14.3 Å². The number of hydrogen-bond donors (Lipinski definition) is 2. The molecule has 3 rings (SSSR count). The Morgan fingerprint density at radius 1 is 1.25 bits per heavy atom. The van der Waals surface area contributed by atoms with Crippen LogP contribution in [0.1, 0.15) is 28.8 Å². The van der Waals surface area contributed by atoms with Gasteiger partial charge in [0.1, 0.15) is 5.82 Å². The van der Waals surface area contributed by atoms with E-state index in [1.54, 1.807) is 30.3 Å².